The van der Waals surface area contributed by atoms with Gasteiger partial charge in [0, 0.05) is 18.4 Å². The van der Waals surface area contributed by atoms with Gasteiger partial charge in [-0.05, 0) is 24.6 Å². The summed E-state index contributed by atoms with van der Waals surface area (Å²) in [5.41, 5.74) is -0.118. The van der Waals surface area contributed by atoms with Crippen LogP contribution in [0.2, 0.25) is 0 Å². The molecule has 0 unspecified atom stereocenters. The van der Waals surface area contributed by atoms with Crippen LogP contribution in [0.3, 0.4) is 0 Å². The van der Waals surface area contributed by atoms with E-state index in [1.807, 2.05) is 13.0 Å². The molecule has 0 spiro atoms. The van der Waals surface area contributed by atoms with Gasteiger partial charge < -0.3 is 13.9 Å². The van der Waals surface area contributed by atoms with Crippen molar-refractivity contribution < 1.29 is 18.7 Å². The summed E-state index contributed by atoms with van der Waals surface area (Å²) in [7, 11) is 2.90. The van der Waals surface area contributed by atoms with E-state index in [1.54, 1.807) is 17.7 Å². The predicted molar refractivity (Wildman–Crippen MR) is 98.0 cm³/mol. The third-order valence-corrected chi connectivity index (χ3v) is 5.19. The van der Waals surface area contributed by atoms with Crippen LogP contribution in [0.5, 0.6) is 0 Å². The number of hydrogen-bond acceptors (Lipinski definition) is 7. The molecule has 0 saturated heterocycles. The second-order valence-electron chi connectivity index (χ2n) is 5.70. The van der Waals surface area contributed by atoms with E-state index in [0.717, 1.165) is 16.1 Å². The van der Waals surface area contributed by atoms with E-state index in [2.05, 4.69) is 9.72 Å². The maximum absolute atomic E-state index is 13.0. The molecular weight excluding hydrogens is 356 g/mol. The molecule has 0 aromatic carbocycles. The van der Waals surface area contributed by atoms with Crippen molar-refractivity contribution in [1.82, 2.24) is 9.55 Å². The van der Waals surface area contributed by atoms with Crippen molar-refractivity contribution >= 4 is 27.5 Å². The fourth-order valence-electron chi connectivity index (χ4n) is 2.66. The van der Waals surface area contributed by atoms with Crippen molar-refractivity contribution in [2.45, 2.75) is 26.3 Å². The Kier molecular flexibility index (Phi) is 5.53. The number of methoxy groups -OCH3 is 2. The summed E-state index contributed by atoms with van der Waals surface area (Å²) in [4.78, 5) is 31.1. The van der Waals surface area contributed by atoms with Gasteiger partial charge in [-0.3, -0.25) is 9.36 Å². The first-order valence-corrected chi connectivity index (χ1v) is 9.07. The minimum absolute atomic E-state index is 0.104. The lowest BCUT2D eigenvalue weighted by atomic mass is 10.3. The average Bonchev–Trinajstić information content (AvgIpc) is 3.28. The summed E-state index contributed by atoms with van der Waals surface area (Å²) in [6.07, 6.45) is 1.36. The standard InChI is InChI=1S/C18H20N2O5S/c1-4-12-9-13-16(26-12)19-15(7-8-23-2)20(17(13)21)10-11-5-6-14(25-11)18(22)24-3/h5-6,9H,4,7-8,10H2,1-3H3. The van der Waals surface area contributed by atoms with Crippen molar-refractivity contribution in [3.8, 4) is 0 Å². The van der Waals surface area contributed by atoms with Gasteiger partial charge in [0.25, 0.3) is 5.56 Å². The average molecular weight is 376 g/mol. The molecule has 3 aromatic heterocycles. The number of furan rings is 1. The van der Waals surface area contributed by atoms with Gasteiger partial charge in [-0.2, -0.15) is 0 Å². The highest BCUT2D eigenvalue weighted by Crippen LogP contribution is 2.22. The zero-order valence-electron chi connectivity index (χ0n) is 14.9. The molecule has 138 valence electrons. The molecule has 0 radical (unpaired) electrons. The summed E-state index contributed by atoms with van der Waals surface area (Å²) >= 11 is 1.54. The number of aryl methyl sites for hydroxylation is 1. The first kappa shape index (κ1) is 18.3. The molecule has 0 N–H and O–H groups in total. The highest BCUT2D eigenvalue weighted by Gasteiger charge is 2.17. The third-order valence-electron chi connectivity index (χ3n) is 4.02. The lowest BCUT2D eigenvalue weighted by Crippen LogP contribution is -2.26. The molecule has 7 nitrogen and oxygen atoms in total. The smallest absolute Gasteiger partial charge is 0.373 e. The van der Waals surface area contributed by atoms with Crippen LogP contribution in [0.1, 0.15) is 33.9 Å². The highest BCUT2D eigenvalue weighted by molar-refractivity contribution is 7.18. The van der Waals surface area contributed by atoms with Gasteiger partial charge in [0.15, 0.2) is 0 Å². The summed E-state index contributed by atoms with van der Waals surface area (Å²) in [6.45, 7) is 2.69. The molecule has 0 aliphatic heterocycles. The molecule has 8 heteroatoms. The summed E-state index contributed by atoms with van der Waals surface area (Å²) < 4.78 is 16.9. The molecule has 0 bridgehead atoms. The fourth-order valence-corrected chi connectivity index (χ4v) is 3.63. The van der Waals surface area contributed by atoms with Gasteiger partial charge in [0.2, 0.25) is 5.76 Å². The SMILES string of the molecule is CCc1cc2c(=O)n(Cc3ccc(C(=O)OC)o3)c(CCOC)nc2s1. The predicted octanol–water partition coefficient (Wildman–Crippen LogP) is 2.64. The number of fused-ring (bicyclic) bond motifs is 1. The van der Waals surface area contributed by atoms with Crippen LogP contribution < -0.4 is 5.56 Å². The lowest BCUT2D eigenvalue weighted by molar-refractivity contribution is 0.0563. The maximum atomic E-state index is 13.0. The number of ether oxygens (including phenoxy) is 2. The van der Waals surface area contributed by atoms with Gasteiger partial charge >= 0.3 is 5.97 Å². The van der Waals surface area contributed by atoms with Gasteiger partial charge in [0.05, 0.1) is 25.6 Å². The first-order chi connectivity index (χ1) is 12.6. The molecule has 3 aromatic rings. The topological polar surface area (TPSA) is 83.6 Å². The number of nitrogens with zero attached hydrogens (tertiary/aromatic N) is 2. The van der Waals surface area contributed by atoms with Crippen molar-refractivity contribution in [2.24, 2.45) is 0 Å². The molecule has 26 heavy (non-hydrogen) atoms. The Balaban J connectivity index is 2.04. The Bertz CT molecular complexity index is 985. The van der Waals surface area contributed by atoms with E-state index in [-0.39, 0.29) is 17.9 Å². The molecule has 0 amide bonds. The van der Waals surface area contributed by atoms with E-state index >= 15 is 0 Å². The Morgan fingerprint density at radius 2 is 2.15 bits per heavy atom. The third kappa shape index (κ3) is 3.56. The molecule has 0 aliphatic carbocycles. The fraction of sp³-hybridized carbons (Fsp3) is 0.389. The maximum Gasteiger partial charge on any atom is 0.373 e. The number of carbonyl (C=O) groups is 1. The molecule has 0 atom stereocenters. The number of esters is 1. The highest BCUT2D eigenvalue weighted by atomic mass is 32.1. The van der Waals surface area contributed by atoms with Crippen LogP contribution in [-0.2, 0) is 28.9 Å². The van der Waals surface area contributed by atoms with Crippen LogP contribution in [0.25, 0.3) is 10.2 Å². The second-order valence-corrected chi connectivity index (χ2v) is 6.82. The van der Waals surface area contributed by atoms with Crippen LogP contribution in [-0.4, -0.2) is 36.3 Å². The van der Waals surface area contributed by atoms with Crippen molar-refractivity contribution in [3.63, 3.8) is 0 Å². The summed E-state index contributed by atoms with van der Waals surface area (Å²) in [6, 6.07) is 5.09. The van der Waals surface area contributed by atoms with Crippen LogP contribution in [0, 0.1) is 0 Å². The van der Waals surface area contributed by atoms with Crippen LogP contribution >= 0.6 is 11.3 Å². The second kappa shape index (κ2) is 7.84. The monoisotopic (exact) mass is 376 g/mol. The minimum atomic E-state index is -0.554. The molecule has 0 saturated carbocycles. The zero-order valence-corrected chi connectivity index (χ0v) is 15.7. The zero-order chi connectivity index (χ0) is 18.7. The molecule has 0 fully saturated rings. The van der Waals surface area contributed by atoms with E-state index in [9.17, 15) is 9.59 Å². The number of aromatic nitrogens is 2. The van der Waals surface area contributed by atoms with E-state index in [0.29, 0.717) is 30.0 Å². The Morgan fingerprint density at radius 3 is 2.85 bits per heavy atom. The number of thiophene rings is 1. The Labute approximate surface area is 154 Å². The molecular formula is C18H20N2O5S. The Hall–Kier alpha value is -2.45. The van der Waals surface area contributed by atoms with Crippen LogP contribution in [0.15, 0.2) is 27.4 Å². The summed E-state index contributed by atoms with van der Waals surface area (Å²) in [5, 5.41) is 0.604. The van der Waals surface area contributed by atoms with Crippen molar-refractivity contribution in [2.75, 3.05) is 20.8 Å². The largest absolute Gasteiger partial charge is 0.463 e. The molecule has 3 heterocycles. The lowest BCUT2D eigenvalue weighted by Gasteiger charge is -2.11. The van der Waals surface area contributed by atoms with Crippen molar-refractivity contribution in [3.05, 3.63) is 50.8 Å². The van der Waals surface area contributed by atoms with Gasteiger partial charge in [0.1, 0.15) is 16.4 Å². The normalized spacial score (nSPS) is 11.2. The molecule has 0 aliphatic rings. The number of hydrogen-bond donors (Lipinski definition) is 0. The van der Waals surface area contributed by atoms with E-state index in [4.69, 9.17) is 9.15 Å². The van der Waals surface area contributed by atoms with E-state index < -0.39 is 5.97 Å². The number of carbonyl (C=O) groups excluding carboxylic acids is 1. The quantitative estimate of drug-likeness (QED) is 0.590. The van der Waals surface area contributed by atoms with Crippen LogP contribution in [0.4, 0.5) is 0 Å². The minimum Gasteiger partial charge on any atom is -0.463 e. The van der Waals surface area contributed by atoms with E-state index in [1.165, 1.54) is 24.5 Å². The first-order valence-electron chi connectivity index (χ1n) is 8.25. The number of rotatable bonds is 7. The summed E-state index contributed by atoms with van der Waals surface area (Å²) in [5.74, 6) is 0.664. The van der Waals surface area contributed by atoms with Crippen molar-refractivity contribution in [1.29, 1.82) is 0 Å². The van der Waals surface area contributed by atoms with Gasteiger partial charge in [-0.15, -0.1) is 11.3 Å². The molecule has 3 rings (SSSR count). The Morgan fingerprint density at radius 1 is 1.35 bits per heavy atom. The van der Waals surface area contributed by atoms with Gasteiger partial charge in [-0.1, -0.05) is 6.92 Å². The van der Waals surface area contributed by atoms with Gasteiger partial charge in [-0.25, -0.2) is 9.78 Å².